The Morgan fingerprint density at radius 2 is 1.31 bits per heavy atom. The number of hydrogen-bond acceptors (Lipinski definition) is 14. The second-order valence-corrected chi connectivity index (χ2v) is 29.7. The summed E-state index contributed by atoms with van der Waals surface area (Å²) < 4.78 is 68.2. The van der Waals surface area contributed by atoms with Gasteiger partial charge in [0.25, 0.3) is 0 Å². The molecule has 564 valence electrons. The van der Waals surface area contributed by atoms with Crippen molar-refractivity contribution in [2.45, 2.75) is 242 Å². The van der Waals surface area contributed by atoms with Crippen LogP contribution in [0.2, 0.25) is 0 Å². The molecule has 4 saturated heterocycles. The van der Waals surface area contributed by atoms with Gasteiger partial charge in [0.05, 0.1) is 38.7 Å². The number of rotatable bonds is 13. The number of nitrogens with zero attached hydrogens (tertiary/aromatic N) is 9. The van der Waals surface area contributed by atoms with Crippen molar-refractivity contribution in [3.63, 3.8) is 0 Å². The molecule has 26 nitrogen and oxygen atoms in total. The van der Waals surface area contributed by atoms with Crippen LogP contribution in [0, 0.1) is 29.6 Å². The Balaban J connectivity index is 1.28. The summed E-state index contributed by atoms with van der Waals surface area (Å²) in [6.45, 7) is 10.6. The van der Waals surface area contributed by atoms with Crippen LogP contribution in [0.5, 0.6) is 0 Å². The third-order valence-electron chi connectivity index (χ3n) is 22.5. The topological polar surface area (TPSA) is 289 Å². The number of amides is 12. The van der Waals surface area contributed by atoms with Crippen molar-refractivity contribution >= 4 is 70.9 Å². The minimum atomic E-state index is -4.76. The lowest BCUT2D eigenvalue weighted by molar-refractivity contribution is -0.201. The highest BCUT2D eigenvalue weighted by molar-refractivity contribution is 6.01. The molecular weight excluding hydrogens is 1310 g/mol. The molecule has 4 heterocycles. The Kier molecular flexibility index (Phi) is 28.6. The summed E-state index contributed by atoms with van der Waals surface area (Å²) in [5, 5.41) is 8.69. The van der Waals surface area contributed by atoms with Gasteiger partial charge in [-0.3, -0.25) is 57.5 Å². The van der Waals surface area contributed by atoms with E-state index >= 15 is 33.2 Å². The molecule has 3 N–H and O–H groups in total. The molecule has 0 aromatic heterocycles. The molecule has 0 aromatic carbocycles. The Bertz CT molecular complexity index is 2930. The van der Waals surface area contributed by atoms with Gasteiger partial charge in [0.1, 0.15) is 66.1 Å². The molecule has 100 heavy (non-hydrogen) atoms. The average Bonchev–Trinajstić information content (AvgIpc) is 1.38. The number of hydrogen-bond donors (Lipinski definition) is 3. The molecule has 30 heteroatoms. The predicted octanol–water partition coefficient (Wildman–Crippen LogP) is 3.66. The quantitative estimate of drug-likeness (QED) is 0.175. The van der Waals surface area contributed by atoms with E-state index in [0.717, 1.165) is 22.6 Å². The Morgan fingerprint density at radius 3 is 1.90 bits per heavy atom. The number of likely N-dealkylation sites (N-methyl/N-ethyl adjacent to an activating group) is 6. The van der Waals surface area contributed by atoms with E-state index in [-0.39, 0.29) is 110 Å². The fourth-order valence-electron chi connectivity index (χ4n) is 15.7. The fraction of sp³-hybridized carbons (Fsp3) is 0.829. The van der Waals surface area contributed by atoms with Crippen molar-refractivity contribution in [3.8, 4) is 0 Å². The van der Waals surface area contributed by atoms with Crippen molar-refractivity contribution in [3.05, 3.63) is 0 Å². The van der Waals surface area contributed by atoms with Gasteiger partial charge in [-0.05, 0) is 120 Å². The SMILES string of the molecule is CCCOC[C@H]1C(=O)N(C)CC(=O)N[C@@H](CCC2CCC(C(F)(F)F)C(F)C2)C(=O)N2CCC[C@H]2C(=O)NC2(CCCC2)C(=O)N(C)[C@@H](C2CCCC2)C(=O)N(C)[C@H](C(=O)N2CCOCC2)CC(=O)N(C)[C@@H](CC(C)C)C(=O)N[C@@H]([C@@H](C)CC)C(=O)N(C)[C@@H](C)C(=O)N2CC[C@H]2C(=O)N1C. The number of alkyl halides is 4. The van der Waals surface area contributed by atoms with E-state index in [0.29, 0.717) is 44.9 Å². The van der Waals surface area contributed by atoms with Gasteiger partial charge in [0.2, 0.25) is 70.9 Å². The van der Waals surface area contributed by atoms with Gasteiger partial charge in [-0.25, -0.2) is 4.39 Å². The first-order valence-electron chi connectivity index (χ1n) is 36.4. The lowest BCUT2D eigenvalue weighted by Crippen LogP contribution is -2.65. The summed E-state index contributed by atoms with van der Waals surface area (Å²) >= 11 is 0. The number of nitrogens with one attached hydrogen (secondary N) is 3. The molecule has 4 aliphatic heterocycles. The van der Waals surface area contributed by atoms with Gasteiger partial charge in [-0.1, -0.05) is 66.7 Å². The summed E-state index contributed by atoms with van der Waals surface area (Å²) in [5.41, 5.74) is -1.59. The number of fused-ring (bicyclic) bond motifs is 2. The molecule has 3 saturated carbocycles. The van der Waals surface area contributed by atoms with Crippen LogP contribution < -0.4 is 16.0 Å². The van der Waals surface area contributed by atoms with Crippen LogP contribution in [0.4, 0.5) is 17.6 Å². The van der Waals surface area contributed by atoms with Gasteiger partial charge >= 0.3 is 6.18 Å². The molecule has 3 aliphatic carbocycles. The molecule has 1 spiro atoms. The summed E-state index contributed by atoms with van der Waals surface area (Å²) in [6, 6.07) is -11.4. The largest absolute Gasteiger partial charge is 0.394 e. The van der Waals surface area contributed by atoms with E-state index in [1.54, 1.807) is 6.92 Å². The third kappa shape index (κ3) is 18.9. The second kappa shape index (κ2) is 35.4. The summed E-state index contributed by atoms with van der Waals surface area (Å²) in [6.07, 6.45) is -3.25. The highest BCUT2D eigenvalue weighted by Crippen LogP contribution is 2.43. The Hall–Kier alpha value is -6.72. The number of ether oxygens (including phenoxy) is 2. The number of carbonyl (C=O) groups is 12. The third-order valence-corrected chi connectivity index (χ3v) is 22.5. The Labute approximate surface area is 586 Å². The van der Waals surface area contributed by atoms with Gasteiger partial charge in [-0.15, -0.1) is 0 Å². The van der Waals surface area contributed by atoms with E-state index in [4.69, 9.17) is 9.47 Å². The number of morpholine rings is 1. The second-order valence-electron chi connectivity index (χ2n) is 29.7. The zero-order valence-corrected chi connectivity index (χ0v) is 60.9. The van der Waals surface area contributed by atoms with Crippen molar-refractivity contribution in [2.75, 3.05) is 101 Å². The zero-order chi connectivity index (χ0) is 73.8. The summed E-state index contributed by atoms with van der Waals surface area (Å²) in [7, 11) is 8.40. The van der Waals surface area contributed by atoms with Crippen LogP contribution in [-0.2, 0) is 67.0 Å². The highest BCUT2D eigenvalue weighted by atomic mass is 19.4. The lowest BCUT2D eigenvalue weighted by atomic mass is 9.78. The predicted molar refractivity (Wildman–Crippen MR) is 359 cm³/mol. The molecule has 0 aromatic rings. The van der Waals surface area contributed by atoms with Crippen LogP contribution in [0.1, 0.15) is 170 Å². The van der Waals surface area contributed by atoms with E-state index in [1.165, 1.54) is 83.5 Å². The average molecular weight is 1420 g/mol. The molecule has 0 radical (unpaired) electrons. The van der Waals surface area contributed by atoms with Gasteiger partial charge in [0, 0.05) is 75.1 Å². The van der Waals surface area contributed by atoms with E-state index in [2.05, 4.69) is 16.0 Å². The highest BCUT2D eigenvalue weighted by Gasteiger charge is 2.53. The standard InChI is InChI=1S/C70H112F4N12O14/c1-13-34-100-41-54-63(93)78(7)40-55(87)75-49(26-24-45-23-25-47(48(71)38-45)70(72,73)74)62(92)85-30-19-22-50(85)60(90)77-69(28-17-18-29-69)68(98)83(12)58(46-20-15-16-21-46)67(97)81(10)53(65(95)84-32-35-99-36-33-84)39-56(88)80(9)52(37-42(3)4)59(89)76-57(43(5)14-2)66(96)79(8)44(6)61(91)86-31-27-51(86)64(94)82(54)11/h42-54,57-58H,13-41H2,1-12H3,(H,75,87)(H,76,89)(H,77,90)/t43-,44-,45?,47?,48?,49-,50-,51-,52-,53-,54-,57-,58-/m0/s1. The Morgan fingerprint density at radius 1 is 0.660 bits per heavy atom. The normalized spacial score (nSPS) is 30.8. The molecule has 13 atom stereocenters. The monoisotopic (exact) mass is 1420 g/mol. The summed E-state index contributed by atoms with van der Waals surface area (Å²) in [5.74, 6) is -12.0. The molecule has 7 aliphatic rings. The molecular formula is C70H112F4N12O14. The minimum Gasteiger partial charge on any atom is -0.379 e. The smallest absolute Gasteiger partial charge is 0.379 e. The maximum Gasteiger partial charge on any atom is 0.394 e. The number of halogens is 4. The minimum absolute atomic E-state index is 0.00201. The van der Waals surface area contributed by atoms with Crippen LogP contribution >= 0.6 is 0 Å². The maximum absolute atomic E-state index is 15.7. The number of carbonyl (C=O) groups excluding carboxylic acids is 12. The first-order valence-corrected chi connectivity index (χ1v) is 36.4. The van der Waals surface area contributed by atoms with Gasteiger partial charge < -0.3 is 69.5 Å². The first kappa shape index (κ1) is 80.6. The fourth-order valence-corrected chi connectivity index (χ4v) is 15.7. The van der Waals surface area contributed by atoms with Crippen LogP contribution in [0.25, 0.3) is 0 Å². The maximum atomic E-state index is 15.7. The van der Waals surface area contributed by atoms with Crippen molar-refractivity contribution in [2.24, 2.45) is 29.6 Å². The molecule has 7 rings (SSSR count). The van der Waals surface area contributed by atoms with Crippen LogP contribution in [0.15, 0.2) is 0 Å². The first-order chi connectivity index (χ1) is 47.2. The van der Waals surface area contributed by atoms with E-state index in [1.807, 2.05) is 27.7 Å². The lowest BCUT2D eigenvalue weighted by Gasteiger charge is -2.45. The van der Waals surface area contributed by atoms with Gasteiger partial charge in [-0.2, -0.15) is 13.2 Å². The molecule has 12 amide bonds. The van der Waals surface area contributed by atoms with E-state index < -0.39 is 193 Å². The van der Waals surface area contributed by atoms with Crippen molar-refractivity contribution in [1.82, 2.24) is 60.0 Å². The summed E-state index contributed by atoms with van der Waals surface area (Å²) in [4.78, 5) is 191. The van der Waals surface area contributed by atoms with Crippen molar-refractivity contribution in [1.29, 1.82) is 0 Å². The van der Waals surface area contributed by atoms with Crippen LogP contribution in [0.3, 0.4) is 0 Å². The molecule has 7 fully saturated rings. The molecule has 0 bridgehead atoms. The zero-order valence-electron chi connectivity index (χ0n) is 60.9. The molecule has 3 unspecified atom stereocenters. The van der Waals surface area contributed by atoms with Crippen molar-refractivity contribution < 1.29 is 84.6 Å². The van der Waals surface area contributed by atoms with E-state index in [9.17, 15) is 41.9 Å². The van der Waals surface area contributed by atoms with Crippen LogP contribution in [-0.4, -0.2) is 289 Å². The van der Waals surface area contributed by atoms with Gasteiger partial charge in [0.15, 0.2) is 0 Å².